The molecule has 0 aliphatic rings. The molecule has 3 N–H and O–H groups in total. The van der Waals surface area contributed by atoms with Crippen molar-refractivity contribution >= 4 is 51.2 Å². The van der Waals surface area contributed by atoms with Gasteiger partial charge in [0.25, 0.3) is 0 Å². The number of nitrogens with zero attached hydrogens (tertiary/aromatic N) is 1. The van der Waals surface area contributed by atoms with Gasteiger partial charge in [0.15, 0.2) is 0 Å². The molecule has 1 atom stereocenters. The molecular weight excluding hydrogens is 365 g/mol. The fourth-order valence-electron chi connectivity index (χ4n) is 2.51. The number of aromatic nitrogens is 1. The lowest BCUT2D eigenvalue weighted by Crippen LogP contribution is -2.16. The van der Waals surface area contributed by atoms with Gasteiger partial charge in [0.2, 0.25) is 0 Å². The van der Waals surface area contributed by atoms with E-state index in [9.17, 15) is 0 Å². The highest BCUT2D eigenvalue weighted by Crippen LogP contribution is 2.40. The topological polar surface area (TPSA) is 64.1 Å². The molecule has 0 bridgehead atoms. The third-order valence-electron chi connectivity index (χ3n) is 3.93. The van der Waals surface area contributed by atoms with E-state index in [1.165, 1.54) is 4.88 Å². The molecule has 7 heteroatoms. The van der Waals surface area contributed by atoms with Crippen molar-refractivity contribution in [1.82, 2.24) is 4.98 Å². The Morgan fingerprint density at radius 1 is 1.42 bits per heavy atom. The normalized spacial score (nSPS) is 12.4. The minimum Gasteiger partial charge on any atom is -0.467 e. The summed E-state index contributed by atoms with van der Waals surface area (Å²) >= 11 is 7.90. The molecular formula is C17H21Cl2N3OS. The van der Waals surface area contributed by atoms with E-state index >= 15 is 0 Å². The van der Waals surface area contributed by atoms with Crippen LogP contribution in [0.25, 0.3) is 10.2 Å². The first-order valence-electron chi connectivity index (χ1n) is 7.58. The number of nitrogens with two attached hydrogens (primary N) is 1. The lowest BCUT2D eigenvalue weighted by Gasteiger charge is -2.14. The van der Waals surface area contributed by atoms with Crippen molar-refractivity contribution < 1.29 is 4.42 Å². The lowest BCUT2D eigenvalue weighted by molar-refractivity contribution is 0.518. The maximum Gasteiger partial charge on any atom is 0.131 e. The highest BCUT2D eigenvalue weighted by Gasteiger charge is 2.20. The molecule has 0 spiro atoms. The highest BCUT2D eigenvalue weighted by molar-refractivity contribution is 7.20. The van der Waals surface area contributed by atoms with Crippen LogP contribution in [-0.2, 0) is 6.54 Å². The number of anilines is 1. The summed E-state index contributed by atoms with van der Waals surface area (Å²) in [5.41, 5.74) is 9.37. The van der Waals surface area contributed by atoms with E-state index in [1.807, 2.05) is 18.2 Å². The van der Waals surface area contributed by atoms with E-state index in [0.717, 1.165) is 27.2 Å². The summed E-state index contributed by atoms with van der Waals surface area (Å²) in [4.78, 5) is 5.67. The number of hydrogen-bond acceptors (Lipinski definition) is 5. The Bertz CT molecular complexity index is 815. The molecule has 0 radical (unpaired) electrons. The van der Waals surface area contributed by atoms with Gasteiger partial charge in [-0.2, -0.15) is 0 Å². The zero-order chi connectivity index (χ0) is 16.6. The van der Waals surface area contributed by atoms with Crippen LogP contribution in [-0.4, -0.2) is 4.98 Å². The Hall–Kier alpha value is -1.27. The molecule has 4 nitrogen and oxygen atoms in total. The van der Waals surface area contributed by atoms with Crippen LogP contribution in [0.3, 0.4) is 0 Å². The van der Waals surface area contributed by atoms with Crippen molar-refractivity contribution in [2.75, 3.05) is 5.32 Å². The average molecular weight is 386 g/mol. The van der Waals surface area contributed by atoms with Gasteiger partial charge in [-0.1, -0.05) is 25.4 Å². The minimum absolute atomic E-state index is 0. The maximum absolute atomic E-state index is 6.36. The van der Waals surface area contributed by atoms with E-state index < -0.39 is 0 Å². The minimum atomic E-state index is 0. The molecule has 3 heterocycles. The number of fused-ring (bicyclic) bond motifs is 1. The summed E-state index contributed by atoms with van der Waals surface area (Å²) in [5, 5.41) is 3.87. The van der Waals surface area contributed by atoms with Gasteiger partial charge >= 0.3 is 0 Å². The Balaban J connectivity index is 0.00000208. The van der Waals surface area contributed by atoms with Crippen LogP contribution in [0.5, 0.6) is 0 Å². The lowest BCUT2D eigenvalue weighted by atomic mass is 10.0. The quantitative estimate of drug-likeness (QED) is 0.565. The second-order valence-electron chi connectivity index (χ2n) is 5.96. The molecule has 0 saturated heterocycles. The van der Waals surface area contributed by atoms with Crippen molar-refractivity contribution in [3.63, 3.8) is 0 Å². The van der Waals surface area contributed by atoms with Crippen LogP contribution in [0.4, 0.5) is 5.69 Å². The second kappa shape index (κ2) is 7.74. The van der Waals surface area contributed by atoms with Crippen LogP contribution in [0.15, 0.2) is 28.9 Å². The van der Waals surface area contributed by atoms with Crippen LogP contribution in [0.2, 0.25) is 5.15 Å². The smallest absolute Gasteiger partial charge is 0.131 e. The van der Waals surface area contributed by atoms with Gasteiger partial charge in [-0.25, -0.2) is 4.98 Å². The Morgan fingerprint density at radius 3 is 2.79 bits per heavy atom. The zero-order valence-electron chi connectivity index (χ0n) is 13.8. The van der Waals surface area contributed by atoms with E-state index in [2.05, 4.69) is 31.1 Å². The first-order chi connectivity index (χ1) is 11.0. The molecule has 0 saturated carbocycles. The largest absolute Gasteiger partial charge is 0.467 e. The number of rotatable bonds is 5. The van der Waals surface area contributed by atoms with Gasteiger partial charge < -0.3 is 15.5 Å². The van der Waals surface area contributed by atoms with Crippen molar-refractivity contribution in [2.45, 2.75) is 33.4 Å². The van der Waals surface area contributed by atoms with Gasteiger partial charge in [-0.3, -0.25) is 0 Å². The Labute approximate surface area is 156 Å². The van der Waals surface area contributed by atoms with Crippen LogP contribution in [0, 0.1) is 12.8 Å². The van der Waals surface area contributed by atoms with Crippen molar-refractivity contribution in [2.24, 2.45) is 11.7 Å². The van der Waals surface area contributed by atoms with Crippen molar-refractivity contribution in [3.05, 3.63) is 45.8 Å². The molecule has 3 rings (SSSR count). The SMILES string of the molecule is Cc1c(C(N)C(C)C)sc2c(NCc3ccco3)cc(Cl)nc12.Cl. The molecule has 3 aromatic heterocycles. The summed E-state index contributed by atoms with van der Waals surface area (Å²) in [6, 6.07) is 5.67. The van der Waals surface area contributed by atoms with Gasteiger partial charge in [0.1, 0.15) is 10.9 Å². The fourth-order valence-corrected chi connectivity index (χ4v) is 4.12. The van der Waals surface area contributed by atoms with E-state index in [4.69, 9.17) is 21.8 Å². The van der Waals surface area contributed by atoms with E-state index in [1.54, 1.807) is 17.6 Å². The zero-order valence-corrected chi connectivity index (χ0v) is 16.2. The number of aryl methyl sites for hydroxylation is 1. The highest BCUT2D eigenvalue weighted by atomic mass is 35.5. The molecule has 1 unspecified atom stereocenters. The Kier molecular flexibility index (Phi) is 6.15. The monoisotopic (exact) mass is 385 g/mol. The third-order valence-corrected chi connectivity index (χ3v) is 5.54. The molecule has 0 amide bonds. The second-order valence-corrected chi connectivity index (χ2v) is 7.40. The molecule has 0 aliphatic heterocycles. The van der Waals surface area contributed by atoms with Gasteiger partial charge in [-0.15, -0.1) is 23.7 Å². The first kappa shape index (κ1) is 19.1. The van der Waals surface area contributed by atoms with E-state index in [0.29, 0.717) is 17.6 Å². The number of furan rings is 1. The predicted molar refractivity (Wildman–Crippen MR) is 104 cm³/mol. The Morgan fingerprint density at radius 2 is 2.17 bits per heavy atom. The van der Waals surface area contributed by atoms with Gasteiger partial charge in [-0.05, 0) is 30.5 Å². The summed E-state index contributed by atoms with van der Waals surface area (Å²) < 4.78 is 6.46. The van der Waals surface area contributed by atoms with Gasteiger partial charge in [0, 0.05) is 17.0 Å². The molecule has 130 valence electrons. The molecule has 3 aromatic rings. The summed E-state index contributed by atoms with van der Waals surface area (Å²) in [6.45, 7) is 6.93. The first-order valence-corrected chi connectivity index (χ1v) is 8.78. The number of halogens is 2. The van der Waals surface area contributed by atoms with Crippen molar-refractivity contribution in [1.29, 1.82) is 0 Å². The molecule has 0 fully saturated rings. The fraction of sp³-hybridized carbons (Fsp3) is 0.353. The van der Waals surface area contributed by atoms with Crippen LogP contribution in [0.1, 0.15) is 36.1 Å². The molecule has 0 aliphatic carbocycles. The summed E-state index contributed by atoms with van der Waals surface area (Å²) in [7, 11) is 0. The van der Waals surface area contributed by atoms with Gasteiger partial charge in [0.05, 0.1) is 28.7 Å². The average Bonchev–Trinajstić information content (AvgIpc) is 3.13. The number of hydrogen-bond donors (Lipinski definition) is 2. The molecule has 24 heavy (non-hydrogen) atoms. The third kappa shape index (κ3) is 3.70. The van der Waals surface area contributed by atoms with Crippen LogP contribution >= 0.6 is 35.3 Å². The predicted octanol–water partition coefficient (Wildman–Crippen LogP) is 5.54. The number of pyridine rings is 1. The summed E-state index contributed by atoms with van der Waals surface area (Å²) in [5.74, 6) is 1.25. The number of thiophene rings is 1. The molecule has 0 aromatic carbocycles. The van der Waals surface area contributed by atoms with Crippen LogP contribution < -0.4 is 11.1 Å². The maximum atomic E-state index is 6.36. The number of nitrogens with one attached hydrogen (secondary N) is 1. The van der Waals surface area contributed by atoms with E-state index in [-0.39, 0.29) is 18.4 Å². The summed E-state index contributed by atoms with van der Waals surface area (Å²) in [6.07, 6.45) is 1.67. The standard InChI is InChI=1S/C17H20ClN3OS.ClH/c1-9(2)14(19)16-10(3)15-17(23-16)12(7-13(18)21-15)20-8-11-5-4-6-22-11;/h4-7,9,14H,8,19H2,1-3H3,(H,20,21);1H. The van der Waals surface area contributed by atoms with Crippen molar-refractivity contribution in [3.8, 4) is 0 Å².